The molecule has 0 fully saturated rings. The van der Waals surface area contributed by atoms with Gasteiger partial charge in [0.15, 0.2) is 18.1 Å². The smallest absolute Gasteiger partial charge is 0.258 e. The van der Waals surface area contributed by atoms with Gasteiger partial charge in [-0.05, 0) is 49.6 Å². The lowest BCUT2D eigenvalue weighted by molar-refractivity contribution is -0.123. The fourth-order valence-corrected chi connectivity index (χ4v) is 2.48. The maximum absolute atomic E-state index is 12.2. The van der Waals surface area contributed by atoms with Gasteiger partial charge in [0.25, 0.3) is 5.91 Å². The molecule has 2 rings (SSSR count). The number of carbonyl (C=O) groups is 1. The van der Waals surface area contributed by atoms with Gasteiger partial charge in [-0.15, -0.1) is 0 Å². The quantitative estimate of drug-likeness (QED) is 0.631. The van der Waals surface area contributed by atoms with Gasteiger partial charge in [0.2, 0.25) is 0 Å². The van der Waals surface area contributed by atoms with Crippen molar-refractivity contribution in [3.63, 3.8) is 0 Å². The van der Waals surface area contributed by atoms with Crippen LogP contribution in [0.5, 0.6) is 17.2 Å². The second-order valence-corrected chi connectivity index (χ2v) is 6.29. The number of hydrogen-bond donors (Lipinski definition) is 1. The van der Waals surface area contributed by atoms with E-state index in [1.165, 1.54) is 0 Å². The summed E-state index contributed by atoms with van der Waals surface area (Å²) in [5.74, 6) is 1.95. The Morgan fingerprint density at radius 2 is 1.59 bits per heavy atom. The maximum Gasteiger partial charge on any atom is 0.258 e. The van der Waals surface area contributed by atoms with Crippen LogP contribution in [-0.4, -0.2) is 25.7 Å². The van der Waals surface area contributed by atoms with Crippen molar-refractivity contribution >= 4 is 5.91 Å². The normalized spacial score (nSPS) is 11.5. The number of para-hydroxylation sites is 1. The molecule has 1 N–H and O–H groups in total. The molecule has 0 aliphatic carbocycles. The van der Waals surface area contributed by atoms with Gasteiger partial charge in [-0.25, -0.2) is 0 Å². The number of ether oxygens (including phenoxy) is 3. The van der Waals surface area contributed by atoms with Crippen molar-refractivity contribution in [3.8, 4) is 17.2 Å². The molecule has 0 aliphatic rings. The van der Waals surface area contributed by atoms with E-state index in [2.05, 4.69) is 19.2 Å². The molecule has 27 heavy (non-hydrogen) atoms. The number of rotatable bonds is 11. The fraction of sp³-hybridized carbons (Fsp3) is 0.409. The molecule has 1 atom stereocenters. The number of benzene rings is 2. The first-order chi connectivity index (χ1) is 13.1. The van der Waals surface area contributed by atoms with Crippen molar-refractivity contribution in [1.29, 1.82) is 0 Å². The van der Waals surface area contributed by atoms with Crippen LogP contribution in [-0.2, 0) is 4.79 Å². The van der Waals surface area contributed by atoms with Crippen LogP contribution in [0.25, 0.3) is 0 Å². The number of carbonyl (C=O) groups excluding carboxylic acids is 1. The Bertz CT molecular complexity index is 703. The van der Waals surface area contributed by atoms with Gasteiger partial charge in [0.1, 0.15) is 5.75 Å². The van der Waals surface area contributed by atoms with E-state index in [-0.39, 0.29) is 18.6 Å². The summed E-state index contributed by atoms with van der Waals surface area (Å²) in [5, 5.41) is 2.95. The first kappa shape index (κ1) is 20.6. The molecule has 2 aromatic carbocycles. The highest BCUT2D eigenvalue weighted by atomic mass is 16.5. The zero-order chi connectivity index (χ0) is 19.5. The average molecular weight is 371 g/mol. The maximum atomic E-state index is 12.2. The molecule has 0 heterocycles. The minimum Gasteiger partial charge on any atom is -0.490 e. The predicted molar refractivity (Wildman–Crippen MR) is 107 cm³/mol. The largest absolute Gasteiger partial charge is 0.490 e. The SMILES string of the molecule is CCCOc1ccc(C(C)NC(=O)COc2ccccc2)cc1OCCC. The summed E-state index contributed by atoms with van der Waals surface area (Å²) in [6.07, 6.45) is 1.85. The van der Waals surface area contributed by atoms with Gasteiger partial charge >= 0.3 is 0 Å². The van der Waals surface area contributed by atoms with E-state index < -0.39 is 0 Å². The molecule has 0 bridgehead atoms. The number of amides is 1. The Hall–Kier alpha value is -2.69. The molecule has 1 unspecified atom stereocenters. The molecule has 0 aromatic heterocycles. The van der Waals surface area contributed by atoms with Crippen molar-refractivity contribution in [2.24, 2.45) is 0 Å². The van der Waals surface area contributed by atoms with Crippen molar-refractivity contribution in [1.82, 2.24) is 5.32 Å². The highest BCUT2D eigenvalue weighted by Gasteiger charge is 2.14. The summed E-state index contributed by atoms with van der Waals surface area (Å²) >= 11 is 0. The number of hydrogen-bond acceptors (Lipinski definition) is 4. The molecule has 0 aliphatic heterocycles. The van der Waals surface area contributed by atoms with E-state index in [1.807, 2.05) is 55.5 Å². The van der Waals surface area contributed by atoms with Crippen LogP contribution in [0.3, 0.4) is 0 Å². The third-order valence-electron chi connectivity index (χ3n) is 3.88. The van der Waals surface area contributed by atoms with Crippen LogP contribution in [0.4, 0.5) is 0 Å². The molecule has 0 saturated carbocycles. The molecule has 1 amide bonds. The van der Waals surface area contributed by atoms with Crippen LogP contribution in [0.2, 0.25) is 0 Å². The summed E-state index contributed by atoms with van der Waals surface area (Å²) in [7, 11) is 0. The average Bonchev–Trinajstić information content (AvgIpc) is 2.70. The summed E-state index contributed by atoms with van der Waals surface area (Å²) < 4.78 is 17.1. The van der Waals surface area contributed by atoms with Gasteiger partial charge in [-0.2, -0.15) is 0 Å². The van der Waals surface area contributed by atoms with Gasteiger partial charge in [0.05, 0.1) is 19.3 Å². The molecule has 146 valence electrons. The van der Waals surface area contributed by atoms with Crippen LogP contribution < -0.4 is 19.5 Å². The minimum atomic E-state index is -0.173. The minimum absolute atomic E-state index is 0.0226. The zero-order valence-electron chi connectivity index (χ0n) is 16.4. The van der Waals surface area contributed by atoms with E-state index in [0.717, 1.165) is 24.2 Å². The van der Waals surface area contributed by atoms with E-state index in [0.29, 0.717) is 24.7 Å². The third-order valence-corrected chi connectivity index (χ3v) is 3.88. The van der Waals surface area contributed by atoms with Crippen LogP contribution in [0, 0.1) is 0 Å². The molecule has 0 spiro atoms. The van der Waals surface area contributed by atoms with Gasteiger partial charge < -0.3 is 19.5 Å². The van der Waals surface area contributed by atoms with E-state index >= 15 is 0 Å². The van der Waals surface area contributed by atoms with Crippen molar-refractivity contribution in [2.75, 3.05) is 19.8 Å². The molecule has 0 saturated heterocycles. The summed E-state index contributed by atoms with van der Waals surface area (Å²) in [5.41, 5.74) is 0.956. The van der Waals surface area contributed by atoms with Crippen LogP contribution in [0.1, 0.15) is 45.2 Å². The van der Waals surface area contributed by atoms with Crippen LogP contribution >= 0.6 is 0 Å². The van der Waals surface area contributed by atoms with Crippen molar-refractivity contribution in [3.05, 3.63) is 54.1 Å². The monoisotopic (exact) mass is 371 g/mol. The lowest BCUT2D eigenvalue weighted by Gasteiger charge is -2.18. The summed E-state index contributed by atoms with van der Waals surface area (Å²) in [6, 6.07) is 14.9. The Morgan fingerprint density at radius 1 is 0.926 bits per heavy atom. The first-order valence-electron chi connectivity index (χ1n) is 9.50. The standard InChI is InChI=1S/C22H29NO4/c1-4-13-25-20-12-11-18(15-21(20)26-14-5-2)17(3)23-22(24)16-27-19-9-7-6-8-10-19/h6-12,15,17H,4-5,13-14,16H2,1-3H3,(H,23,24). The Kier molecular flexibility index (Phi) is 8.49. The second kappa shape index (κ2) is 11.1. The summed E-state index contributed by atoms with van der Waals surface area (Å²) in [4.78, 5) is 12.2. The second-order valence-electron chi connectivity index (χ2n) is 6.29. The van der Waals surface area contributed by atoms with E-state index in [1.54, 1.807) is 0 Å². The van der Waals surface area contributed by atoms with Crippen molar-refractivity contribution in [2.45, 2.75) is 39.7 Å². The molecule has 0 radical (unpaired) electrons. The lowest BCUT2D eigenvalue weighted by Crippen LogP contribution is -2.31. The predicted octanol–water partition coefficient (Wildman–Crippen LogP) is 4.52. The Labute approximate surface area is 161 Å². The highest BCUT2D eigenvalue weighted by molar-refractivity contribution is 5.78. The highest BCUT2D eigenvalue weighted by Crippen LogP contribution is 2.31. The topological polar surface area (TPSA) is 56.8 Å². The zero-order valence-corrected chi connectivity index (χ0v) is 16.4. The van der Waals surface area contributed by atoms with Crippen LogP contribution in [0.15, 0.2) is 48.5 Å². The van der Waals surface area contributed by atoms with E-state index in [4.69, 9.17) is 14.2 Å². The molecular formula is C22H29NO4. The fourth-order valence-electron chi connectivity index (χ4n) is 2.48. The summed E-state index contributed by atoms with van der Waals surface area (Å²) in [6.45, 7) is 7.31. The van der Waals surface area contributed by atoms with Gasteiger partial charge in [-0.1, -0.05) is 38.1 Å². The molecule has 5 nitrogen and oxygen atoms in total. The first-order valence-corrected chi connectivity index (χ1v) is 9.50. The third kappa shape index (κ3) is 6.85. The molecule has 5 heteroatoms. The lowest BCUT2D eigenvalue weighted by atomic mass is 10.1. The number of nitrogens with one attached hydrogen (secondary N) is 1. The van der Waals surface area contributed by atoms with Gasteiger partial charge in [0, 0.05) is 0 Å². The van der Waals surface area contributed by atoms with E-state index in [9.17, 15) is 4.79 Å². The molecule has 2 aromatic rings. The Balaban J connectivity index is 1.97. The van der Waals surface area contributed by atoms with Crippen molar-refractivity contribution < 1.29 is 19.0 Å². The van der Waals surface area contributed by atoms with Gasteiger partial charge in [-0.3, -0.25) is 4.79 Å². The Morgan fingerprint density at radius 3 is 2.26 bits per heavy atom. The molecular weight excluding hydrogens is 342 g/mol.